The Bertz CT molecular complexity index is 551. The lowest BCUT2D eigenvalue weighted by Gasteiger charge is -2.11. The number of nitrogen functional groups attached to an aromatic ring is 1. The maximum atomic E-state index is 5.56. The molecule has 1 aliphatic carbocycles. The molecular formula is C13H18N4S. The number of hydrogen-bond donors (Lipinski definition) is 2. The van der Waals surface area contributed by atoms with E-state index in [4.69, 9.17) is 10.8 Å². The molecular weight excluding hydrogens is 244 g/mol. The van der Waals surface area contributed by atoms with Gasteiger partial charge in [0.05, 0.1) is 5.39 Å². The second-order valence-corrected chi connectivity index (χ2v) is 5.89. The number of hydrazine groups is 1. The summed E-state index contributed by atoms with van der Waals surface area (Å²) in [6.07, 6.45) is 4.99. The lowest BCUT2D eigenvalue weighted by Crippen LogP contribution is -2.11. The van der Waals surface area contributed by atoms with Crippen molar-refractivity contribution in [3.05, 3.63) is 17.3 Å². The molecule has 2 aromatic heterocycles. The highest BCUT2D eigenvalue weighted by Crippen LogP contribution is 2.39. The second kappa shape index (κ2) is 4.82. The largest absolute Gasteiger partial charge is 0.308 e. The normalized spacial score (nSPS) is 23.7. The van der Waals surface area contributed by atoms with E-state index in [1.807, 2.05) is 11.4 Å². The van der Waals surface area contributed by atoms with Crippen LogP contribution in [0, 0.1) is 5.92 Å². The molecule has 0 radical (unpaired) electrons. The fraction of sp³-hybridized carbons (Fsp3) is 0.538. The van der Waals surface area contributed by atoms with E-state index in [0.29, 0.717) is 5.92 Å². The summed E-state index contributed by atoms with van der Waals surface area (Å²) in [7, 11) is 0. The van der Waals surface area contributed by atoms with Crippen LogP contribution in [0.1, 0.15) is 44.3 Å². The number of nitrogens with one attached hydrogen (secondary N) is 1. The van der Waals surface area contributed by atoms with Crippen molar-refractivity contribution in [1.29, 1.82) is 0 Å². The van der Waals surface area contributed by atoms with Gasteiger partial charge in [0.2, 0.25) is 0 Å². The molecule has 0 aliphatic heterocycles. The average Bonchev–Trinajstić information content (AvgIpc) is 3.05. The minimum atomic E-state index is 0.508. The SMILES string of the molecule is CCC1CCC(c2nc(NN)c3ccsc3n2)C1. The summed E-state index contributed by atoms with van der Waals surface area (Å²) in [6, 6.07) is 2.02. The summed E-state index contributed by atoms with van der Waals surface area (Å²) >= 11 is 1.65. The van der Waals surface area contributed by atoms with Gasteiger partial charge in [-0.2, -0.15) is 0 Å². The zero-order valence-corrected chi connectivity index (χ0v) is 11.3. The zero-order chi connectivity index (χ0) is 12.5. The van der Waals surface area contributed by atoms with E-state index in [9.17, 15) is 0 Å². The maximum Gasteiger partial charge on any atom is 0.152 e. The van der Waals surface area contributed by atoms with E-state index in [1.54, 1.807) is 11.3 Å². The predicted molar refractivity (Wildman–Crippen MR) is 75.6 cm³/mol. The molecule has 1 saturated carbocycles. The Morgan fingerprint density at radius 1 is 1.44 bits per heavy atom. The highest BCUT2D eigenvalue weighted by atomic mass is 32.1. The first kappa shape index (κ1) is 11.9. The number of nitrogens with two attached hydrogens (primary N) is 1. The van der Waals surface area contributed by atoms with Crippen molar-refractivity contribution in [2.75, 3.05) is 5.43 Å². The van der Waals surface area contributed by atoms with Gasteiger partial charge in [-0.1, -0.05) is 13.3 Å². The summed E-state index contributed by atoms with van der Waals surface area (Å²) in [6.45, 7) is 2.27. The Labute approximate surface area is 111 Å². The minimum absolute atomic E-state index is 0.508. The molecule has 3 rings (SSSR count). The molecule has 1 aliphatic rings. The number of rotatable bonds is 3. The first-order valence-corrected chi connectivity index (χ1v) is 7.41. The monoisotopic (exact) mass is 262 g/mol. The quantitative estimate of drug-likeness (QED) is 0.658. The summed E-state index contributed by atoms with van der Waals surface area (Å²) in [5, 5.41) is 3.06. The molecule has 2 unspecified atom stereocenters. The Balaban J connectivity index is 1.97. The molecule has 0 saturated heterocycles. The van der Waals surface area contributed by atoms with E-state index >= 15 is 0 Å². The van der Waals surface area contributed by atoms with Gasteiger partial charge in [0.25, 0.3) is 0 Å². The fourth-order valence-corrected chi connectivity index (χ4v) is 3.62. The molecule has 3 N–H and O–H groups in total. The third kappa shape index (κ3) is 1.97. The molecule has 0 aromatic carbocycles. The van der Waals surface area contributed by atoms with Crippen LogP contribution in [0.25, 0.3) is 10.2 Å². The van der Waals surface area contributed by atoms with Crippen molar-refractivity contribution in [1.82, 2.24) is 9.97 Å². The molecule has 96 valence electrons. The Morgan fingerprint density at radius 2 is 2.33 bits per heavy atom. The standard InChI is InChI=1S/C13H18N4S/c1-2-8-3-4-9(7-8)11-15-12(17-14)10-5-6-18-13(10)16-11/h5-6,8-9H,2-4,7,14H2,1H3,(H,15,16,17). The number of fused-ring (bicyclic) bond motifs is 1. The van der Waals surface area contributed by atoms with Crippen molar-refractivity contribution in [2.24, 2.45) is 11.8 Å². The van der Waals surface area contributed by atoms with E-state index in [-0.39, 0.29) is 0 Å². The minimum Gasteiger partial charge on any atom is -0.308 e. The molecule has 4 nitrogen and oxygen atoms in total. The maximum absolute atomic E-state index is 5.56. The van der Waals surface area contributed by atoms with Gasteiger partial charge in [0.1, 0.15) is 10.7 Å². The van der Waals surface area contributed by atoms with Gasteiger partial charge < -0.3 is 5.43 Å². The highest BCUT2D eigenvalue weighted by molar-refractivity contribution is 7.16. The Kier molecular flexibility index (Phi) is 3.18. The van der Waals surface area contributed by atoms with Crippen molar-refractivity contribution in [3.63, 3.8) is 0 Å². The van der Waals surface area contributed by atoms with Gasteiger partial charge in [-0.05, 0) is 36.6 Å². The molecule has 0 spiro atoms. The van der Waals surface area contributed by atoms with Crippen LogP contribution in [-0.4, -0.2) is 9.97 Å². The van der Waals surface area contributed by atoms with E-state index in [1.165, 1.54) is 25.7 Å². The van der Waals surface area contributed by atoms with Gasteiger partial charge in [0.15, 0.2) is 5.82 Å². The highest BCUT2D eigenvalue weighted by Gasteiger charge is 2.27. The van der Waals surface area contributed by atoms with Crippen LogP contribution >= 0.6 is 11.3 Å². The number of anilines is 1. The van der Waals surface area contributed by atoms with Crippen LogP contribution in [0.4, 0.5) is 5.82 Å². The number of aromatic nitrogens is 2. The summed E-state index contributed by atoms with van der Waals surface area (Å²) in [5.74, 6) is 8.64. The van der Waals surface area contributed by atoms with Crippen LogP contribution in [0.15, 0.2) is 11.4 Å². The predicted octanol–water partition coefficient (Wildman–Crippen LogP) is 3.27. The molecule has 1 fully saturated rings. The Hall–Kier alpha value is -1.20. The van der Waals surface area contributed by atoms with Crippen LogP contribution in [-0.2, 0) is 0 Å². The van der Waals surface area contributed by atoms with Crippen LogP contribution in [0.2, 0.25) is 0 Å². The fourth-order valence-electron chi connectivity index (χ4n) is 2.84. The van der Waals surface area contributed by atoms with E-state index < -0.39 is 0 Å². The van der Waals surface area contributed by atoms with Crippen molar-refractivity contribution >= 4 is 27.4 Å². The Morgan fingerprint density at radius 3 is 3.06 bits per heavy atom. The summed E-state index contributed by atoms with van der Waals surface area (Å²) in [4.78, 5) is 10.3. The smallest absolute Gasteiger partial charge is 0.152 e. The topological polar surface area (TPSA) is 63.8 Å². The van der Waals surface area contributed by atoms with Gasteiger partial charge in [-0.25, -0.2) is 15.8 Å². The van der Waals surface area contributed by atoms with Crippen LogP contribution < -0.4 is 11.3 Å². The van der Waals surface area contributed by atoms with Gasteiger partial charge in [0, 0.05) is 5.92 Å². The number of nitrogens with zero attached hydrogens (tertiary/aromatic N) is 2. The van der Waals surface area contributed by atoms with Crippen molar-refractivity contribution < 1.29 is 0 Å². The third-order valence-corrected chi connectivity index (χ3v) is 4.77. The second-order valence-electron chi connectivity index (χ2n) is 5.00. The summed E-state index contributed by atoms with van der Waals surface area (Å²) < 4.78 is 0. The molecule has 0 amide bonds. The van der Waals surface area contributed by atoms with E-state index in [0.717, 1.165) is 27.8 Å². The lowest BCUT2D eigenvalue weighted by molar-refractivity contribution is 0.517. The third-order valence-electron chi connectivity index (χ3n) is 3.96. The van der Waals surface area contributed by atoms with Crippen molar-refractivity contribution in [2.45, 2.75) is 38.5 Å². The molecule has 5 heteroatoms. The number of hydrogen-bond acceptors (Lipinski definition) is 5. The van der Waals surface area contributed by atoms with Crippen LogP contribution in [0.3, 0.4) is 0 Å². The average molecular weight is 262 g/mol. The van der Waals surface area contributed by atoms with E-state index in [2.05, 4.69) is 17.3 Å². The zero-order valence-electron chi connectivity index (χ0n) is 10.5. The molecule has 2 heterocycles. The summed E-state index contributed by atoms with van der Waals surface area (Å²) in [5.41, 5.74) is 2.70. The van der Waals surface area contributed by atoms with Gasteiger partial charge in [-0.3, -0.25) is 0 Å². The molecule has 2 aromatic rings. The lowest BCUT2D eigenvalue weighted by atomic mass is 10.0. The first-order valence-electron chi connectivity index (χ1n) is 6.53. The van der Waals surface area contributed by atoms with Gasteiger partial charge in [-0.15, -0.1) is 11.3 Å². The van der Waals surface area contributed by atoms with Crippen LogP contribution in [0.5, 0.6) is 0 Å². The van der Waals surface area contributed by atoms with Crippen molar-refractivity contribution in [3.8, 4) is 0 Å². The molecule has 18 heavy (non-hydrogen) atoms. The molecule has 0 bridgehead atoms. The number of thiophene rings is 1. The molecule has 2 atom stereocenters. The first-order chi connectivity index (χ1) is 8.81. The van der Waals surface area contributed by atoms with Gasteiger partial charge >= 0.3 is 0 Å².